The van der Waals surface area contributed by atoms with E-state index < -0.39 is 9.84 Å². The Kier molecular flexibility index (Phi) is 5.77. The lowest BCUT2D eigenvalue weighted by Gasteiger charge is -2.20. The number of fused-ring (bicyclic) bond motifs is 1. The summed E-state index contributed by atoms with van der Waals surface area (Å²) in [5.74, 6) is 0.958. The number of aryl methyl sites for hydroxylation is 1. The highest BCUT2D eigenvalue weighted by Crippen LogP contribution is 2.38. The highest BCUT2D eigenvalue weighted by molar-refractivity contribution is 7.90. The second-order valence-electron chi connectivity index (χ2n) is 8.54. The molecule has 0 spiro atoms. The molecule has 1 unspecified atom stereocenters. The third-order valence-electron chi connectivity index (χ3n) is 6.22. The van der Waals surface area contributed by atoms with Crippen LogP contribution in [0.2, 0.25) is 0 Å². The Morgan fingerprint density at radius 2 is 1.86 bits per heavy atom. The van der Waals surface area contributed by atoms with E-state index in [4.69, 9.17) is 0 Å². The summed E-state index contributed by atoms with van der Waals surface area (Å²) in [6.45, 7) is 2.19. The van der Waals surface area contributed by atoms with E-state index in [1.165, 1.54) is 48.8 Å². The molecule has 4 rings (SSSR count). The number of aromatic nitrogens is 2. The minimum Gasteiger partial charge on any atom is -0.343 e. The zero-order valence-corrected chi connectivity index (χ0v) is 18.1. The van der Waals surface area contributed by atoms with Gasteiger partial charge in [0.15, 0.2) is 9.84 Å². The van der Waals surface area contributed by atoms with E-state index in [9.17, 15) is 8.42 Å². The van der Waals surface area contributed by atoms with Gasteiger partial charge in [-0.1, -0.05) is 51.2 Å². The van der Waals surface area contributed by atoms with E-state index in [0.717, 1.165) is 36.2 Å². The van der Waals surface area contributed by atoms with Crippen LogP contribution in [0, 0.1) is 5.92 Å². The third kappa shape index (κ3) is 4.55. The van der Waals surface area contributed by atoms with Crippen LogP contribution in [0.1, 0.15) is 68.2 Å². The molecule has 0 aliphatic heterocycles. The fourth-order valence-electron chi connectivity index (χ4n) is 4.66. The Balaban J connectivity index is 1.71. The Labute approximate surface area is 173 Å². The largest absolute Gasteiger partial charge is 0.343 e. The van der Waals surface area contributed by atoms with Crippen molar-refractivity contribution in [3.05, 3.63) is 59.4 Å². The summed E-state index contributed by atoms with van der Waals surface area (Å²) in [6, 6.07) is 11.9. The van der Waals surface area contributed by atoms with E-state index in [2.05, 4.69) is 29.0 Å². The van der Waals surface area contributed by atoms with E-state index in [-0.39, 0.29) is 5.92 Å². The molecule has 1 saturated carbocycles. The SMILES string of the molecule is CCCc1cnc2[nH]c(C(CC3CCCC3)c3ccc(S(C)(=O)=O)cc3)cc2c1. The van der Waals surface area contributed by atoms with Gasteiger partial charge in [0.25, 0.3) is 0 Å². The number of hydrogen-bond acceptors (Lipinski definition) is 3. The molecule has 0 amide bonds. The highest BCUT2D eigenvalue weighted by atomic mass is 32.2. The molecule has 2 heterocycles. The fourth-order valence-corrected chi connectivity index (χ4v) is 5.30. The van der Waals surface area contributed by atoms with Gasteiger partial charge in [0.1, 0.15) is 5.65 Å². The van der Waals surface area contributed by atoms with Gasteiger partial charge in [0.05, 0.1) is 4.90 Å². The van der Waals surface area contributed by atoms with Crippen LogP contribution in [-0.2, 0) is 16.3 Å². The quantitative estimate of drug-likeness (QED) is 0.549. The summed E-state index contributed by atoms with van der Waals surface area (Å²) < 4.78 is 23.7. The van der Waals surface area contributed by atoms with Gasteiger partial charge in [-0.25, -0.2) is 13.4 Å². The van der Waals surface area contributed by atoms with Crippen molar-refractivity contribution >= 4 is 20.9 Å². The second-order valence-corrected chi connectivity index (χ2v) is 10.6. The number of nitrogens with zero attached hydrogens (tertiary/aromatic N) is 1. The van der Waals surface area contributed by atoms with Crippen molar-refractivity contribution in [2.45, 2.75) is 62.7 Å². The first kappa shape index (κ1) is 20.1. The summed E-state index contributed by atoms with van der Waals surface area (Å²) in [4.78, 5) is 8.57. The lowest BCUT2D eigenvalue weighted by Crippen LogP contribution is -2.08. The number of benzene rings is 1. The average molecular weight is 411 g/mol. The van der Waals surface area contributed by atoms with Crippen molar-refractivity contribution in [3.63, 3.8) is 0 Å². The Hall–Kier alpha value is -2.14. The molecule has 5 heteroatoms. The van der Waals surface area contributed by atoms with Gasteiger partial charge < -0.3 is 4.98 Å². The van der Waals surface area contributed by atoms with E-state index in [1.54, 1.807) is 12.1 Å². The molecule has 1 atom stereocenters. The average Bonchev–Trinajstić information content (AvgIpc) is 3.35. The van der Waals surface area contributed by atoms with Crippen LogP contribution < -0.4 is 0 Å². The zero-order valence-electron chi connectivity index (χ0n) is 17.3. The van der Waals surface area contributed by atoms with Gasteiger partial charge in [0, 0.05) is 29.5 Å². The zero-order chi connectivity index (χ0) is 20.4. The number of nitrogens with one attached hydrogen (secondary N) is 1. The van der Waals surface area contributed by atoms with Crippen LogP contribution in [0.5, 0.6) is 0 Å². The molecule has 1 aliphatic carbocycles. The first-order chi connectivity index (χ1) is 13.9. The van der Waals surface area contributed by atoms with Crippen LogP contribution in [0.3, 0.4) is 0 Å². The maximum absolute atomic E-state index is 11.9. The normalized spacial score (nSPS) is 16.5. The molecule has 1 fully saturated rings. The minimum absolute atomic E-state index is 0.232. The molecule has 0 saturated heterocycles. The lowest BCUT2D eigenvalue weighted by atomic mass is 9.85. The van der Waals surface area contributed by atoms with Gasteiger partial charge in [0.2, 0.25) is 0 Å². The van der Waals surface area contributed by atoms with Crippen molar-refractivity contribution < 1.29 is 8.42 Å². The fraction of sp³-hybridized carbons (Fsp3) is 0.458. The van der Waals surface area contributed by atoms with E-state index >= 15 is 0 Å². The highest BCUT2D eigenvalue weighted by Gasteiger charge is 2.24. The molecule has 0 bridgehead atoms. The number of sulfone groups is 1. The number of rotatable bonds is 7. The summed E-state index contributed by atoms with van der Waals surface area (Å²) in [5.41, 5.74) is 4.56. The second kappa shape index (κ2) is 8.31. The Morgan fingerprint density at radius 1 is 1.14 bits per heavy atom. The molecule has 2 aromatic heterocycles. The minimum atomic E-state index is -3.18. The summed E-state index contributed by atoms with van der Waals surface area (Å²) in [5, 5.41) is 1.16. The number of hydrogen-bond donors (Lipinski definition) is 1. The van der Waals surface area contributed by atoms with Crippen molar-refractivity contribution in [2.75, 3.05) is 6.26 Å². The van der Waals surface area contributed by atoms with Crippen LogP contribution in [-0.4, -0.2) is 24.6 Å². The molecular weight excluding hydrogens is 380 g/mol. The molecule has 1 aliphatic rings. The summed E-state index contributed by atoms with van der Waals surface area (Å²) in [6.07, 6.45) is 11.7. The predicted molar refractivity (Wildman–Crippen MR) is 118 cm³/mol. The van der Waals surface area contributed by atoms with Crippen LogP contribution in [0.4, 0.5) is 0 Å². The molecule has 29 heavy (non-hydrogen) atoms. The number of pyridine rings is 1. The van der Waals surface area contributed by atoms with Crippen molar-refractivity contribution in [3.8, 4) is 0 Å². The van der Waals surface area contributed by atoms with Gasteiger partial charge in [-0.15, -0.1) is 0 Å². The molecular formula is C24H30N2O2S. The van der Waals surface area contributed by atoms with Crippen LogP contribution >= 0.6 is 0 Å². The van der Waals surface area contributed by atoms with Crippen LogP contribution in [0.15, 0.2) is 47.5 Å². The van der Waals surface area contributed by atoms with Crippen molar-refractivity contribution in [1.29, 1.82) is 0 Å². The lowest BCUT2D eigenvalue weighted by molar-refractivity contribution is 0.469. The molecule has 1 aromatic carbocycles. The van der Waals surface area contributed by atoms with Gasteiger partial charge in [-0.3, -0.25) is 0 Å². The van der Waals surface area contributed by atoms with Gasteiger partial charge in [-0.2, -0.15) is 0 Å². The Bertz CT molecular complexity index is 1080. The van der Waals surface area contributed by atoms with Gasteiger partial charge in [-0.05, 0) is 54.2 Å². The smallest absolute Gasteiger partial charge is 0.175 e. The van der Waals surface area contributed by atoms with E-state index in [1.807, 2.05) is 18.3 Å². The number of H-pyrrole nitrogens is 1. The summed E-state index contributed by atoms with van der Waals surface area (Å²) in [7, 11) is -3.18. The maximum atomic E-state index is 11.9. The first-order valence-electron chi connectivity index (χ1n) is 10.7. The first-order valence-corrected chi connectivity index (χ1v) is 12.6. The van der Waals surface area contributed by atoms with Crippen molar-refractivity contribution in [2.24, 2.45) is 5.92 Å². The molecule has 154 valence electrons. The standard InChI is InChI=1S/C24H30N2O2S/c1-3-6-18-13-20-15-23(26-24(20)25-16-18)22(14-17-7-4-5-8-17)19-9-11-21(12-10-19)29(2,27)28/h9-13,15-17,22H,3-8,14H2,1-2H3,(H,25,26). The topological polar surface area (TPSA) is 62.8 Å². The molecule has 3 aromatic rings. The third-order valence-corrected chi connectivity index (χ3v) is 7.34. The summed E-state index contributed by atoms with van der Waals surface area (Å²) >= 11 is 0. The maximum Gasteiger partial charge on any atom is 0.175 e. The molecule has 4 nitrogen and oxygen atoms in total. The van der Waals surface area contributed by atoms with Crippen molar-refractivity contribution in [1.82, 2.24) is 9.97 Å². The van der Waals surface area contributed by atoms with E-state index in [0.29, 0.717) is 4.90 Å². The van der Waals surface area contributed by atoms with Crippen LogP contribution in [0.25, 0.3) is 11.0 Å². The molecule has 0 radical (unpaired) electrons. The van der Waals surface area contributed by atoms with Gasteiger partial charge >= 0.3 is 0 Å². The Morgan fingerprint density at radius 3 is 2.52 bits per heavy atom. The monoisotopic (exact) mass is 410 g/mol. The number of aromatic amines is 1. The predicted octanol–water partition coefficient (Wildman–Crippen LogP) is 5.63. The molecule has 1 N–H and O–H groups in total.